The standard InChI is InChI=1S/C2H2N2O4/c1-2(3(5)6)4(7)8/h1H2. The summed E-state index contributed by atoms with van der Waals surface area (Å²) < 4.78 is 0. The fraction of sp³-hybridized carbons (Fsp3) is 0. The molecular weight excluding hydrogens is 116 g/mol. The van der Waals surface area contributed by atoms with Crippen LogP contribution in [0.5, 0.6) is 0 Å². The molecule has 0 spiro atoms. The summed E-state index contributed by atoms with van der Waals surface area (Å²) in [5, 5.41) is 18.8. The van der Waals surface area contributed by atoms with Gasteiger partial charge in [-0.2, -0.15) is 0 Å². The van der Waals surface area contributed by atoms with Gasteiger partial charge in [0.25, 0.3) is 0 Å². The molecular formula is C2H2N2O4. The SMILES string of the molecule is C=C([N+](=O)[O-])[N+](=O)[O-]. The van der Waals surface area contributed by atoms with E-state index in [1.807, 2.05) is 0 Å². The molecule has 0 aliphatic rings. The van der Waals surface area contributed by atoms with Gasteiger partial charge in [-0.3, -0.25) is 20.2 Å². The summed E-state index contributed by atoms with van der Waals surface area (Å²) in [6.45, 7) is 2.56. The Labute approximate surface area is 43.7 Å². The molecule has 6 heteroatoms. The third-order valence-corrected chi connectivity index (χ3v) is 0.421. The van der Waals surface area contributed by atoms with Gasteiger partial charge in [0.2, 0.25) is 0 Å². The molecule has 0 saturated heterocycles. The van der Waals surface area contributed by atoms with Crippen molar-refractivity contribution < 1.29 is 9.85 Å². The Bertz CT molecular complexity index is 134. The molecule has 0 rings (SSSR count). The largest absolute Gasteiger partial charge is 0.551 e. The molecule has 0 aromatic heterocycles. The number of nitro groups is 2. The highest BCUT2D eigenvalue weighted by Crippen LogP contribution is 1.88. The minimum atomic E-state index is -1.20. The van der Waals surface area contributed by atoms with Gasteiger partial charge in [-0.15, -0.1) is 0 Å². The van der Waals surface area contributed by atoms with Crippen molar-refractivity contribution in [1.29, 1.82) is 0 Å². The molecule has 0 aliphatic heterocycles. The predicted octanol–water partition coefficient (Wildman–Crippen LogP) is 0.0110. The fourth-order valence-electron chi connectivity index (χ4n) is 0.0667. The maximum absolute atomic E-state index is 9.41. The van der Waals surface area contributed by atoms with Crippen molar-refractivity contribution in [2.24, 2.45) is 0 Å². The van der Waals surface area contributed by atoms with Crippen LogP contribution >= 0.6 is 0 Å². The topological polar surface area (TPSA) is 86.3 Å². The monoisotopic (exact) mass is 118 g/mol. The molecule has 6 nitrogen and oxygen atoms in total. The first-order chi connectivity index (χ1) is 3.55. The Balaban J connectivity index is 4.05. The second-order valence-corrected chi connectivity index (χ2v) is 0.930. The quantitative estimate of drug-likeness (QED) is 0.377. The van der Waals surface area contributed by atoms with E-state index in [0.29, 0.717) is 0 Å². The lowest BCUT2D eigenvalue weighted by atomic mass is 10.9. The smallest absolute Gasteiger partial charge is 0.253 e. The van der Waals surface area contributed by atoms with Gasteiger partial charge in [-0.1, -0.05) is 0 Å². The van der Waals surface area contributed by atoms with Crippen LogP contribution in [-0.2, 0) is 0 Å². The number of nitrogens with zero attached hydrogens (tertiary/aromatic N) is 2. The summed E-state index contributed by atoms with van der Waals surface area (Å²) in [5.41, 5.74) is 0. The van der Waals surface area contributed by atoms with Crippen LogP contribution in [0.3, 0.4) is 0 Å². The van der Waals surface area contributed by atoms with Crippen molar-refractivity contribution >= 4 is 0 Å². The molecule has 0 N–H and O–H groups in total. The Kier molecular flexibility index (Phi) is 1.64. The van der Waals surface area contributed by atoms with Crippen LogP contribution in [0.1, 0.15) is 0 Å². The van der Waals surface area contributed by atoms with Crippen LogP contribution in [-0.4, -0.2) is 9.85 Å². The first-order valence-corrected chi connectivity index (χ1v) is 1.53. The molecule has 0 bridgehead atoms. The minimum absolute atomic E-state index is 1.15. The summed E-state index contributed by atoms with van der Waals surface area (Å²) in [7, 11) is 0. The summed E-state index contributed by atoms with van der Waals surface area (Å²) in [6, 6.07) is 0. The van der Waals surface area contributed by atoms with E-state index >= 15 is 0 Å². The van der Waals surface area contributed by atoms with Gasteiger partial charge in [-0.05, 0) is 0 Å². The van der Waals surface area contributed by atoms with E-state index in [4.69, 9.17) is 0 Å². The summed E-state index contributed by atoms with van der Waals surface area (Å²) in [5.74, 6) is -1.20. The maximum Gasteiger partial charge on any atom is 0.551 e. The highest BCUT2D eigenvalue weighted by Gasteiger charge is 2.19. The first kappa shape index (κ1) is 6.54. The van der Waals surface area contributed by atoms with E-state index in [0.717, 1.165) is 0 Å². The number of hydrogen-bond acceptors (Lipinski definition) is 4. The van der Waals surface area contributed by atoms with Gasteiger partial charge in [0.05, 0.1) is 6.58 Å². The van der Waals surface area contributed by atoms with E-state index in [-0.39, 0.29) is 0 Å². The molecule has 0 radical (unpaired) electrons. The molecule has 0 heterocycles. The highest BCUT2D eigenvalue weighted by molar-refractivity contribution is 4.61. The summed E-state index contributed by atoms with van der Waals surface area (Å²) >= 11 is 0. The lowest BCUT2D eigenvalue weighted by Gasteiger charge is -1.80. The van der Waals surface area contributed by atoms with E-state index in [2.05, 4.69) is 6.58 Å². The maximum atomic E-state index is 9.41. The fourth-order valence-corrected chi connectivity index (χ4v) is 0.0667. The molecule has 44 valence electrons. The molecule has 0 aliphatic carbocycles. The van der Waals surface area contributed by atoms with E-state index in [1.54, 1.807) is 0 Å². The molecule has 0 aromatic rings. The van der Waals surface area contributed by atoms with Crippen molar-refractivity contribution in [2.45, 2.75) is 0 Å². The van der Waals surface area contributed by atoms with Crippen LogP contribution in [0.15, 0.2) is 12.4 Å². The van der Waals surface area contributed by atoms with Crippen molar-refractivity contribution in [3.63, 3.8) is 0 Å². The van der Waals surface area contributed by atoms with Gasteiger partial charge in [0.1, 0.15) is 9.85 Å². The Morgan fingerprint density at radius 3 is 1.50 bits per heavy atom. The van der Waals surface area contributed by atoms with Crippen LogP contribution < -0.4 is 0 Å². The van der Waals surface area contributed by atoms with Crippen LogP contribution in [0.4, 0.5) is 0 Å². The molecule has 0 amide bonds. The Hall–Kier alpha value is -1.46. The van der Waals surface area contributed by atoms with Crippen molar-refractivity contribution in [1.82, 2.24) is 0 Å². The second kappa shape index (κ2) is 2.01. The van der Waals surface area contributed by atoms with Gasteiger partial charge < -0.3 is 0 Å². The average Bonchev–Trinajstić information content (AvgIpc) is 1.64. The normalized spacial score (nSPS) is 8.00. The predicted molar refractivity (Wildman–Crippen MR) is 23.1 cm³/mol. The van der Waals surface area contributed by atoms with Gasteiger partial charge >= 0.3 is 5.82 Å². The average molecular weight is 118 g/mol. The van der Waals surface area contributed by atoms with Crippen molar-refractivity contribution in [3.05, 3.63) is 32.6 Å². The summed E-state index contributed by atoms with van der Waals surface area (Å²) in [6.07, 6.45) is 0. The van der Waals surface area contributed by atoms with Gasteiger partial charge in [0, 0.05) is 0 Å². The zero-order valence-corrected chi connectivity index (χ0v) is 3.73. The molecule has 0 fully saturated rings. The highest BCUT2D eigenvalue weighted by atomic mass is 16.7. The van der Waals surface area contributed by atoms with Crippen molar-refractivity contribution in [3.8, 4) is 0 Å². The van der Waals surface area contributed by atoms with E-state index in [9.17, 15) is 20.2 Å². The Morgan fingerprint density at radius 1 is 1.25 bits per heavy atom. The lowest BCUT2D eigenvalue weighted by molar-refractivity contribution is -0.615. The summed E-state index contributed by atoms with van der Waals surface area (Å²) in [4.78, 5) is 16.5. The molecule has 0 unspecified atom stereocenters. The Morgan fingerprint density at radius 2 is 1.50 bits per heavy atom. The molecule has 0 aromatic carbocycles. The van der Waals surface area contributed by atoms with Gasteiger partial charge in [0.15, 0.2) is 0 Å². The zero-order chi connectivity index (χ0) is 6.73. The van der Waals surface area contributed by atoms with E-state index in [1.165, 1.54) is 0 Å². The van der Waals surface area contributed by atoms with E-state index < -0.39 is 15.7 Å². The second-order valence-electron chi connectivity index (χ2n) is 0.930. The lowest BCUT2D eigenvalue weighted by Crippen LogP contribution is -2.06. The first-order valence-electron chi connectivity index (χ1n) is 1.53. The van der Waals surface area contributed by atoms with Crippen LogP contribution in [0.25, 0.3) is 0 Å². The third-order valence-electron chi connectivity index (χ3n) is 0.421. The third kappa shape index (κ3) is 1.33. The number of hydrogen-bond donors (Lipinski definition) is 0. The minimum Gasteiger partial charge on any atom is -0.253 e. The zero-order valence-electron chi connectivity index (χ0n) is 3.73. The van der Waals surface area contributed by atoms with Crippen LogP contribution in [0.2, 0.25) is 0 Å². The number of rotatable bonds is 2. The molecule has 8 heavy (non-hydrogen) atoms. The molecule has 0 atom stereocenters. The molecule has 0 saturated carbocycles. The van der Waals surface area contributed by atoms with Crippen LogP contribution in [0, 0.1) is 20.2 Å². The van der Waals surface area contributed by atoms with Crippen molar-refractivity contribution in [2.75, 3.05) is 0 Å². The van der Waals surface area contributed by atoms with Gasteiger partial charge in [-0.25, -0.2) is 0 Å².